The predicted molar refractivity (Wildman–Crippen MR) is 156 cm³/mol. The van der Waals surface area contributed by atoms with Gasteiger partial charge in [-0.15, -0.1) is 0 Å². The molecule has 1 heterocycles. The number of hydrogen-bond acceptors (Lipinski definition) is 5. The first-order chi connectivity index (χ1) is 15.9. The van der Waals surface area contributed by atoms with Crippen molar-refractivity contribution in [1.82, 2.24) is 0 Å². The van der Waals surface area contributed by atoms with Gasteiger partial charge in [0.1, 0.15) is 18.1 Å². The third kappa shape index (κ3) is 5.67. The molecule has 0 radical (unpaired) electrons. The third-order valence-electron chi connectivity index (χ3n) is 4.73. The van der Waals surface area contributed by atoms with Gasteiger partial charge in [-0.05, 0) is 92.7 Å². The summed E-state index contributed by atoms with van der Waals surface area (Å²) < 4.78 is 13.7. The number of ether oxygens (including phenoxy) is 2. The molecule has 1 amide bonds. The number of nitrogens with zero attached hydrogens (tertiary/aromatic N) is 1. The average molecular weight is 720 g/mol. The number of rotatable bonds is 6. The summed E-state index contributed by atoms with van der Waals surface area (Å²) in [4.78, 5) is 15.2. The van der Waals surface area contributed by atoms with Crippen molar-refractivity contribution in [3.05, 3.63) is 88.9 Å². The summed E-state index contributed by atoms with van der Waals surface area (Å²) in [6, 6.07) is 19.2. The second-order valence-electron chi connectivity index (χ2n) is 6.92. The lowest BCUT2D eigenvalue weighted by Gasteiger charge is -2.15. The number of carbonyl (C=O) groups excluding carboxylic acids is 1. The Balaban J connectivity index is 1.55. The van der Waals surface area contributed by atoms with Gasteiger partial charge >= 0.3 is 0 Å². The Morgan fingerprint density at radius 1 is 1.09 bits per heavy atom. The molecule has 168 valence electrons. The van der Waals surface area contributed by atoms with Crippen LogP contribution in [0.1, 0.15) is 11.1 Å². The molecule has 0 saturated carbocycles. The van der Waals surface area contributed by atoms with Gasteiger partial charge in [-0.25, -0.2) is 0 Å². The van der Waals surface area contributed by atoms with Crippen LogP contribution in [-0.2, 0) is 11.4 Å². The number of amides is 1. The first kappa shape index (κ1) is 24.8. The van der Waals surface area contributed by atoms with Crippen molar-refractivity contribution < 1.29 is 14.3 Å². The van der Waals surface area contributed by atoms with Gasteiger partial charge < -0.3 is 9.47 Å². The molecule has 1 saturated heterocycles. The van der Waals surface area contributed by atoms with Gasteiger partial charge in [0.15, 0.2) is 4.32 Å². The number of anilines is 1. The number of thioether (sulfide) groups is 1. The Morgan fingerprint density at radius 2 is 1.79 bits per heavy atom. The molecule has 4 rings (SSSR count). The molecule has 33 heavy (non-hydrogen) atoms. The zero-order valence-electron chi connectivity index (χ0n) is 17.2. The van der Waals surface area contributed by atoms with Crippen LogP contribution in [0.15, 0.2) is 65.6 Å². The molecule has 0 aliphatic carbocycles. The largest absolute Gasteiger partial charge is 0.495 e. The number of carbonyl (C=O) groups is 1. The minimum atomic E-state index is -0.180. The van der Waals surface area contributed by atoms with Gasteiger partial charge in [-0.2, -0.15) is 0 Å². The van der Waals surface area contributed by atoms with E-state index in [0.717, 1.165) is 24.0 Å². The summed E-state index contributed by atoms with van der Waals surface area (Å²) >= 11 is 17.5. The van der Waals surface area contributed by atoms with Gasteiger partial charge in [-0.1, -0.05) is 65.9 Å². The summed E-state index contributed by atoms with van der Waals surface area (Å²) in [5.74, 6) is 1.19. The third-order valence-corrected chi connectivity index (χ3v) is 7.93. The monoisotopic (exact) mass is 719 g/mol. The normalized spacial score (nSPS) is 14.8. The van der Waals surface area contributed by atoms with E-state index in [-0.39, 0.29) is 5.91 Å². The van der Waals surface area contributed by atoms with Crippen molar-refractivity contribution in [2.45, 2.75) is 6.61 Å². The van der Waals surface area contributed by atoms with Crippen LogP contribution in [0.25, 0.3) is 6.08 Å². The van der Waals surface area contributed by atoms with E-state index < -0.39 is 0 Å². The standard InChI is InChI=1S/C24H16ClI2NO3S2/c1-30-20-8-7-16(12-17(20)25)28-23(29)21(33-24(28)32)11-15-9-18(26)22(19(27)10-15)31-13-14-5-3-2-4-6-14/h2-12H,13H2,1H3/b21-11+. The smallest absolute Gasteiger partial charge is 0.270 e. The van der Waals surface area contributed by atoms with Crippen LogP contribution < -0.4 is 14.4 Å². The Morgan fingerprint density at radius 3 is 2.42 bits per heavy atom. The molecular weight excluding hydrogens is 704 g/mol. The lowest BCUT2D eigenvalue weighted by atomic mass is 10.2. The first-order valence-corrected chi connectivity index (χ1v) is 13.4. The van der Waals surface area contributed by atoms with Crippen LogP contribution in [0.2, 0.25) is 5.02 Å². The fourth-order valence-corrected chi connectivity index (χ4v) is 6.85. The van der Waals surface area contributed by atoms with Crippen LogP contribution in [0, 0.1) is 7.14 Å². The quantitative estimate of drug-likeness (QED) is 0.150. The van der Waals surface area contributed by atoms with Gasteiger partial charge in [0, 0.05) is 0 Å². The Hall–Kier alpha value is -1.34. The lowest BCUT2D eigenvalue weighted by Crippen LogP contribution is -2.27. The Kier molecular flexibility index (Phi) is 8.21. The molecular formula is C24H16ClI2NO3S2. The van der Waals surface area contributed by atoms with Crippen molar-refractivity contribution in [2.75, 3.05) is 12.0 Å². The Labute approximate surface area is 233 Å². The van der Waals surface area contributed by atoms with Crippen molar-refractivity contribution in [1.29, 1.82) is 0 Å². The molecule has 0 N–H and O–H groups in total. The van der Waals surface area contributed by atoms with Crippen molar-refractivity contribution in [2.24, 2.45) is 0 Å². The zero-order chi connectivity index (χ0) is 23.5. The van der Waals surface area contributed by atoms with Gasteiger partial charge in [0.25, 0.3) is 5.91 Å². The van der Waals surface area contributed by atoms with Crippen LogP contribution in [0.4, 0.5) is 5.69 Å². The first-order valence-electron chi connectivity index (χ1n) is 9.64. The molecule has 3 aromatic rings. The van der Waals surface area contributed by atoms with Crippen molar-refractivity contribution in [3.8, 4) is 11.5 Å². The van der Waals surface area contributed by atoms with E-state index in [1.54, 1.807) is 25.3 Å². The van der Waals surface area contributed by atoms with E-state index in [2.05, 4.69) is 45.2 Å². The zero-order valence-corrected chi connectivity index (χ0v) is 23.9. The molecule has 0 aromatic heterocycles. The molecule has 3 aromatic carbocycles. The van der Waals surface area contributed by atoms with Crippen LogP contribution in [0.5, 0.6) is 11.5 Å². The molecule has 1 aliphatic rings. The maximum Gasteiger partial charge on any atom is 0.270 e. The summed E-state index contributed by atoms with van der Waals surface area (Å²) in [5.41, 5.74) is 2.63. The molecule has 0 atom stereocenters. The second kappa shape index (κ2) is 10.9. The van der Waals surface area contributed by atoms with Crippen molar-refractivity contribution in [3.63, 3.8) is 0 Å². The number of thiocarbonyl (C=S) groups is 1. The van der Waals surface area contributed by atoms with Crippen LogP contribution >= 0.6 is 80.8 Å². The Bertz CT molecular complexity index is 1240. The average Bonchev–Trinajstić information content (AvgIpc) is 3.06. The van der Waals surface area contributed by atoms with E-state index in [1.165, 1.54) is 16.7 Å². The molecule has 4 nitrogen and oxygen atoms in total. The van der Waals surface area contributed by atoms with Crippen LogP contribution in [-0.4, -0.2) is 17.3 Å². The maximum atomic E-state index is 13.1. The number of methoxy groups -OCH3 is 1. The van der Waals surface area contributed by atoms with Crippen molar-refractivity contribution >= 4 is 103 Å². The molecule has 0 spiro atoms. The number of halogens is 3. The fourth-order valence-electron chi connectivity index (χ4n) is 3.17. The van der Waals surface area contributed by atoms with E-state index in [4.69, 9.17) is 33.3 Å². The van der Waals surface area contributed by atoms with E-state index >= 15 is 0 Å². The minimum absolute atomic E-state index is 0.180. The highest BCUT2D eigenvalue weighted by Gasteiger charge is 2.33. The molecule has 1 aliphatic heterocycles. The maximum absolute atomic E-state index is 13.1. The van der Waals surface area contributed by atoms with E-state index in [1.807, 2.05) is 48.5 Å². The van der Waals surface area contributed by atoms with Gasteiger partial charge in [0.2, 0.25) is 0 Å². The molecule has 9 heteroatoms. The summed E-state index contributed by atoms with van der Waals surface area (Å²) in [6.45, 7) is 0.495. The number of benzene rings is 3. The minimum Gasteiger partial charge on any atom is -0.495 e. The second-order valence-corrected chi connectivity index (χ2v) is 11.3. The lowest BCUT2D eigenvalue weighted by molar-refractivity contribution is -0.113. The SMILES string of the molecule is COc1ccc(N2C(=O)/C(=C\c3cc(I)c(OCc4ccccc4)c(I)c3)SC2=S)cc1Cl. The van der Waals surface area contributed by atoms with E-state index in [0.29, 0.717) is 32.3 Å². The van der Waals surface area contributed by atoms with Gasteiger partial charge in [0.05, 0.1) is 29.9 Å². The summed E-state index contributed by atoms with van der Waals surface area (Å²) in [6.07, 6.45) is 1.86. The summed E-state index contributed by atoms with van der Waals surface area (Å²) in [5, 5.41) is 0.420. The van der Waals surface area contributed by atoms with Crippen LogP contribution in [0.3, 0.4) is 0 Å². The fraction of sp³-hybridized carbons (Fsp3) is 0.0833. The topological polar surface area (TPSA) is 38.8 Å². The molecule has 0 bridgehead atoms. The van der Waals surface area contributed by atoms with Gasteiger partial charge in [-0.3, -0.25) is 9.69 Å². The highest BCUT2D eigenvalue weighted by molar-refractivity contribution is 14.1. The highest BCUT2D eigenvalue weighted by atomic mass is 127. The summed E-state index contributed by atoms with van der Waals surface area (Å²) in [7, 11) is 1.55. The van der Waals surface area contributed by atoms with E-state index in [9.17, 15) is 4.79 Å². The molecule has 0 unspecified atom stereocenters. The predicted octanol–water partition coefficient (Wildman–Crippen LogP) is 7.54. The highest BCUT2D eigenvalue weighted by Crippen LogP contribution is 2.39. The number of hydrogen-bond donors (Lipinski definition) is 0. The molecule has 1 fully saturated rings.